The minimum absolute atomic E-state index is 0.000237. The summed E-state index contributed by atoms with van der Waals surface area (Å²) in [6, 6.07) is 1.70. The first-order chi connectivity index (χ1) is 9.52. The molecule has 1 aromatic heterocycles. The average molecular weight is 393 g/mol. The third-order valence-electron chi connectivity index (χ3n) is 4.10. The molecular weight excluding hydrogens is 369 g/mol. The number of hydrogen-bond acceptors (Lipinski definition) is 4. The Hall–Kier alpha value is -0.630. The number of alkyl halides is 1. The lowest BCUT2D eigenvalue weighted by Crippen LogP contribution is -2.53. The predicted octanol–water partition coefficient (Wildman–Crippen LogP) is 2.85. The molecule has 1 heterocycles. The molecule has 0 saturated heterocycles. The Morgan fingerprint density at radius 3 is 2.55 bits per heavy atom. The van der Waals surface area contributed by atoms with Gasteiger partial charge in [0.25, 0.3) is 5.91 Å². The van der Waals surface area contributed by atoms with Gasteiger partial charge < -0.3 is 9.84 Å². The number of hydrogen-bond donors (Lipinski definition) is 1. The third-order valence-corrected chi connectivity index (χ3v) is 4.85. The van der Waals surface area contributed by atoms with Crippen LogP contribution in [0.25, 0.3) is 0 Å². The predicted molar refractivity (Wildman–Crippen MR) is 88.2 cm³/mol. The minimum Gasteiger partial charge on any atom is -0.360 e. The number of carbonyl (C=O) groups excluding carboxylic acids is 1. The van der Waals surface area contributed by atoms with Crippen LogP contribution in [0.1, 0.15) is 49.9 Å². The maximum absolute atomic E-state index is 12.1. The molecule has 0 bridgehead atoms. The highest BCUT2D eigenvalue weighted by atomic mass is 127. The van der Waals surface area contributed by atoms with Crippen LogP contribution in [0.15, 0.2) is 10.6 Å². The van der Waals surface area contributed by atoms with Crippen molar-refractivity contribution in [3.63, 3.8) is 0 Å². The molecular formula is C14H24IN3O2. The molecule has 0 aliphatic heterocycles. The molecule has 1 aromatic rings. The zero-order valence-electron chi connectivity index (χ0n) is 12.7. The van der Waals surface area contributed by atoms with Crippen molar-refractivity contribution in [1.29, 1.82) is 0 Å². The molecule has 0 spiro atoms. The second kappa shape index (κ2) is 7.97. The summed E-state index contributed by atoms with van der Waals surface area (Å²) in [6.07, 6.45) is 1.98. The van der Waals surface area contributed by atoms with Gasteiger partial charge in [-0.05, 0) is 26.4 Å². The standard InChI is InChI=1S/C14H24IN3O2/c1-5-14(6-2,18(4)7-3)10-16-13(19)12-8-11(9-15)20-17-12/h8H,5-7,9-10H2,1-4H3,(H,16,19). The SMILES string of the molecule is CCN(C)C(CC)(CC)CNC(=O)c1cc(CI)on1. The van der Waals surface area contributed by atoms with Gasteiger partial charge in [-0.15, -0.1) is 0 Å². The Morgan fingerprint density at radius 1 is 1.45 bits per heavy atom. The number of likely N-dealkylation sites (N-methyl/N-ethyl adjacent to an activating group) is 1. The molecule has 20 heavy (non-hydrogen) atoms. The van der Waals surface area contributed by atoms with E-state index in [0.717, 1.165) is 25.1 Å². The maximum Gasteiger partial charge on any atom is 0.273 e. The van der Waals surface area contributed by atoms with Crippen molar-refractivity contribution in [3.05, 3.63) is 17.5 Å². The van der Waals surface area contributed by atoms with E-state index >= 15 is 0 Å². The van der Waals surface area contributed by atoms with Crippen molar-refractivity contribution in [3.8, 4) is 0 Å². The van der Waals surface area contributed by atoms with E-state index in [4.69, 9.17) is 4.52 Å². The second-order valence-electron chi connectivity index (χ2n) is 4.94. The van der Waals surface area contributed by atoms with Crippen LogP contribution in [0.2, 0.25) is 0 Å². The summed E-state index contributed by atoms with van der Waals surface area (Å²) in [5, 5.41) is 6.79. The zero-order valence-corrected chi connectivity index (χ0v) is 14.9. The number of nitrogens with one attached hydrogen (secondary N) is 1. The first-order valence-electron chi connectivity index (χ1n) is 7.04. The Balaban J connectivity index is 2.70. The van der Waals surface area contributed by atoms with Crippen molar-refractivity contribution >= 4 is 28.5 Å². The highest BCUT2D eigenvalue weighted by Crippen LogP contribution is 2.21. The largest absolute Gasteiger partial charge is 0.360 e. The number of rotatable bonds is 8. The van der Waals surface area contributed by atoms with Crippen LogP contribution in [0.4, 0.5) is 0 Å². The lowest BCUT2D eigenvalue weighted by atomic mass is 9.90. The number of halogens is 1. The Morgan fingerprint density at radius 2 is 2.10 bits per heavy atom. The topological polar surface area (TPSA) is 58.4 Å². The summed E-state index contributed by atoms with van der Waals surface area (Å²) < 4.78 is 5.77. The molecule has 0 saturated carbocycles. The summed E-state index contributed by atoms with van der Waals surface area (Å²) in [5.41, 5.74) is 0.358. The highest BCUT2D eigenvalue weighted by molar-refractivity contribution is 14.1. The van der Waals surface area contributed by atoms with E-state index in [1.807, 2.05) is 0 Å². The van der Waals surface area contributed by atoms with Crippen molar-refractivity contribution < 1.29 is 9.32 Å². The quantitative estimate of drug-likeness (QED) is 0.545. The fraction of sp³-hybridized carbons (Fsp3) is 0.714. The Bertz CT molecular complexity index is 430. The molecule has 0 radical (unpaired) electrons. The fourth-order valence-electron chi connectivity index (χ4n) is 2.33. The number of amides is 1. The van der Waals surface area contributed by atoms with Crippen molar-refractivity contribution in [2.75, 3.05) is 20.1 Å². The molecule has 0 unspecified atom stereocenters. The van der Waals surface area contributed by atoms with E-state index in [1.54, 1.807) is 6.07 Å². The number of carbonyl (C=O) groups is 1. The van der Waals surface area contributed by atoms with Gasteiger partial charge in [-0.1, -0.05) is 48.5 Å². The highest BCUT2D eigenvalue weighted by Gasteiger charge is 2.30. The maximum atomic E-state index is 12.1. The summed E-state index contributed by atoms with van der Waals surface area (Å²) in [4.78, 5) is 14.4. The molecule has 0 atom stereocenters. The fourth-order valence-corrected chi connectivity index (χ4v) is 2.69. The van der Waals surface area contributed by atoms with Crippen LogP contribution in [0.3, 0.4) is 0 Å². The summed E-state index contributed by atoms with van der Waals surface area (Å²) in [7, 11) is 2.10. The molecule has 0 fully saturated rings. The van der Waals surface area contributed by atoms with Gasteiger partial charge >= 0.3 is 0 Å². The van der Waals surface area contributed by atoms with Crippen LogP contribution in [-0.4, -0.2) is 41.6 Å². The van der Waals surface area contributed by atoms with Crippen molar-refractivity contribution in [1.82, 2.24) is 15.4 Å². The van der Waals surface area contributed by atoms with E-state index in [9.17, 15) is 4.79 Å². The van der Waals surface area contributed by atoms with Gasteiger partial charge in [0, 0.05) is 18.2 Å². The van der Waals surface area contributed by atoms with Gasteiger partial charge in [-0.2, -0.15) is 0 Å². The smallest absolute Gasteiger partial charge is 0.273 e. The van der Waals surface area contributed by atoms with Crippen LogP contribution < -0.4 is 5.32 Å². The van der Waals surface area contributed by atoms with Crippen LogP contribution in [0, 0.1) is 0 Å². The molecule has 1 rings (SSSR count). The Kier molecular flexibility index (Phi) is 6.94. The zero-order chi connectivity index (χ0) is 15.2. The van der Waals surface area contributed by atoms with E-state index in [1.165, 1.54) is 0 Å². The molecule has 5 nitrogen and oxygen atoms in total. The van der Waals surface area contributed by atoms with Gasteiger partial charge in [0.05, 0.1) is 4.43 Å². The van der Waals surface area contributed by atoms with E-state index in [-0.39, 0.29) is 11.4 Å². The normalized spacial score (nSPS) is 11.9. The van der Waals surface area contributed by atoms with E-state index in [0.29, 0.717) is 16.7 Å². The van der Waals surface area contributed by atoms with Gasteiger partial charge in [0.2, 0.25) is 0 Å². The monoisotopic (exact) mass is 393 g/mol. The van der Waals surface area contributed by atoms with E-state index < -0.39 is 0 Å². The van der Waals surface area contributed by atoms with Crippen LogP contribution in [-0.2, 0) is 4.43 Å². The molecule has 0 aliphatic rings. The lowest BCUT2D eigenvalue weighted by molar-refractivity contribution is 0.0834. The van der Waals surface area contributed by atoms with Crippen molar-refractivity contribution in [2.24, 2.45) is 0 Å². The van der Waals surface area contributed by atoms with Gasteiger partial charge in [-0.3, -0.25) is 9.69 Å². The van der Waals surface area contributed by atoms with Gasteiger partial charge in [0.1, 0.15) is 5.76 Å². The van der Waals surface area contributed by atoms with Crippen molar-refractivity contribution in [2.45, 2.75) is 43.6 Å². The summed E-state index contributed by atoms with van der Waals surface area (Å²) in [5.74, 6) is 0.555. The molecule has 0 aliphatic carbocycles. The number of nitrogens with zero attached hydrogens (tertiary/aromatic N) is 2. The summed E-state index contributed by atoms with van der Waals surface area (Å²) >= 11 is 2.18. The average Bonchev–Trinajstić information content (AvgIpc) is 2.97. The number of aromatic nitrogens is 1. The first kappa shape index (κ1) is 17.4. The van der Waals surface area contributed by atoms with Gasteiger partial charge in [0.15, 0.2) is 5.69 Å². The lowest BCUT2D eigenvalue weighted by Gasteiger charge is -2.40. The van der Waals surface area contributed by atoms with E-state index in [2.05, 4.69) is 65.8 Å². The first-order valence-corrected chi connectivity index (χ1v) is 8.56. The molecule has 1 N–H and O–H groups in total. The molecule has 1 amide bonds. The van der Waals surface area contributed by atoms with Crippen LogP contribution >= 0.6 is 22.6 Å². The second-order valence-corrected chi connectivity index (χ2v) is 5.70. The third kappa shape index (κ3) is 3.94. The summed E-state index contributed by atoms with van der Waals surface area (Å²) in [6.45, 7) is 8.03. The molecule has 114 valence electrons. The molecule has 0 aromatic carbocycles. The minimum atomic E-state index is -0.166. The molecule has 6 heteroatoms. The Labute approximate surface area is 134 Å². The van der Waals surface area contributed by atoms with Crippen LogP contribution in [0.5, 0.6) is 0 Å². The van der Waals surface area contributed by atoms with Gasteiger partial charge in [-0.25, -0.2) is 0 Å².